The summed E-state index contributed by atoms with van der Waals surface area (Å²) < 4.78 is 0. The van der Waals surface area contributed by atoms with Crippen molar-refractivity contribution in [3.05, 3.63) is 32.3 Å². The number of carbonyl (C=O) groups excluding carboxylic acids is 2. The number of benzene rings is 1. The maximum Gasteiger partial charge on any atom is 0.272 e. The maximum atomic E-state index is 11.6. The molecule has 6 nitrogen and oxygen atoms in total. The Hall–Kier alpha value is -1.66. The highest BCUT2D eigenvalue weighted by molar-refractivity contribution is 6.42. The minimum atomic E-state index is -0.658. The number of carbonyl (C=O) groups is 2. The van der Waals surface area contributed by atoms with Gasteiger partial charge < -0.3 is 0 Å². The molecule has 0 atom stereocenters. The number of rotatable bonds is 2. The summed E-state index contributed by atoms with van der Waals surface area (Å²) in [6.07, 6.45) is 0.172. The van der Waals surface area contributed by atoms with Crippen molar-refractivity contribution in [3.63, 3.8) is 0 Å². The molecule has 18 heavy (non-hydrogen) atoms. The highest BCUT2D eigenvalue weighted by atomic mass is 35.5. The van der Waals surface area contributed by atoms with E-state index in [0.717, 1.165) is 17.0 Å². The van der Waals surface area contributed by atoms with Crippen LogP contribution in [0.25, 0.3) is 0 Å². The molecule has 0 bridgehead atoms. The van der Waals surface area contributed by atoms with Gasteiger partial charge in [0.05, 0.1) is 20.7 Å². The van der Waals surface area contributed by atoms with E-state index in [9.17, 15) is 19.7 Å². The van der Waals surface area contributed by atoms with Crippen LogP contribution in [0.1, 0.15) is 12.8 Å². The van der Waals surface area contributed by atoms with E-state index in [-0.39, 0.29) is 34.3 Å². The molecule has 1 aromatic rings. The van der Waals surface area contributed by atoms with Crippen molar-refractivity contribution < 1.29 is 14.5 Å². The third-order valence-electron chi connectivity index (χ3n) is 2.49. The van der Waals surface area contributed by atoms with Crippen molar-refractivity contribution in [1.82, 2.24) is 0 Å². The van der Waals surface area contributed by atoms with Crippen LogP contribution in [0.3, 0.4) is 0 Å². The fourth-order valence-corrected chi connectivity index (χ4v) is 2.34. The number of anilines is 1. The van der Waals surface area contributed by atoms with Gasteiger partial charge in [0.15, 0.2) is 0 Å². The van der Waals surface area contributed by atoms with Gasteiger partial charge >= 0.3 is 0 Å². The first-order valence-electron chi connectivity index (χ1n) is 4.91. The molecule has 1 fully saturated rings. The zero-order chi connectivity index (χ0) is 13.4. The second kappa shape index (κ2) is 4.55. The van der Waals surface area contributed by atoms with Gasteiger partial charge in [0.25, 0.3) is 5.69 Å². The lowest BCUT2D eigenvalue weighted by molar-refractivity contribution is -0.384. The van der Waals surface area contributed by atoms with E-state index in [1.54, 1.807) is 0 Å². The standard InChI is InChI=1S/C10H6Cl2N2O4/c11-6-3-5(14(17)18)4-7(12)10(6)13-8(15)1-2-9(13)16/h3-4H,1-2H2. The lowest BCUT2D eigenvalue weighted by Crippen LogP contribution is -2.29. The topological polar surface area (TPSA) is 80.5 Å². The van der Waals surface area contributed by atoms with E-state index in [4.69, 9.17) is 23.2 Å². The van der Waals surface area contributed by atoms with Gasteiger partial charge in [-0.25, -0.2) is 4.90 Å². The number of imide groups is 1. The first kappa shape index (κ1) is 12.8. The number of hydrogen-bond acceptors (Lipinski definition) is 4. The molecule has 94 valence electrons. The molecule has 1 saturated heterocycles. The van der Waals surface area contributed by atoms with E-state index in [1.807, 2.05) is 0 Å². The van der Waals surface area contributed by atoms with Crippen molar-refractivity contribution in [3.8, 4) is 0 Å². The Bertz CT molecular complexity index is 534. The third-order valence-corrected chi connectivity index (χ3v) is 3.06. The molecule has 8 heteroatoms. The van der Waals surface area contributed by atoms with Gasteiger partial charge in [-0.1, -0.05) is 23.2 Å². The molecule has 1 heterocycles. The van der Waals surface area contributed by atoms with Gasteiger partial charge in [-0.3, -0.25) is 19.7 Å². The number of amides is 2. The summed E-state index contributed by atoms with van der Waals surface area (Å²) in [5.41, 5.74) is -0.288. The molecule has 0 radical (unpaired) electrons. The number of non-ortho nitro benzene ring substituents is 1. The Balaban J connectivity index is 2.55. The summed E-state index contributed by atoms with van der Waals surface area (Å²) in [4.78, 5) is 33.9. The Morgan fingerprint density at radius 3 is 1.94 bits per heavy atom. The molecule has 1 aromatic carbocycles. The van der Waals surface area contributed by atoms with Crippen molar-refractivity contribution in [1.29, 1.82) is 0 Å². The molecular formula is C10H6Cl2N2O4. The maximum absolute atomic E-state index is 11.6. The fourth-order valence-electron chi connectivity index (χ4n) is 1.70. The van der Waals surface area contributed by atoms with Crippen molar-refractivity contribution in [2.75, 3.05) is 4.90 Å². The van der Waals surface area contributed by atoms with Crippen LogP contribution in [-0.4, -0.2) is 16.7 Å². The molecule has 0 aliphatic carbocycles. The second-order valence-corrected chi connectivity index (χ2v) is 4.45. The molecule has 1 aliphatic heterocycles. The molecule has 2 rings (SSSR count). The molecule has 0 spiro atoms. The Kier molecular flexibility index (Phi) is 3.23. The highest BCUT2D eigenvalue weighted by Gasteiger charge is 2.34. The molecule has 1 aliphatic rings. The first-order valence-corrected chi connectivity index (χ1v) is 5.66. The van der Waals surface area contributed by atoms with Gasteiger partial charge in [0, 0.05) is 25.0 Å². The summed E-state index contributed by atoms with van der Waals surface area (Å²) in [6.45, 7) is 0. The fraction of sp³-hybridized carbons (Fsp3) is 0.200. The summed E-state index contributed by atoms with van der Waals surface area (Å²) in [7, 11) is 0. The zero-order valence-corrected chi connectivity index (χ0v) is 10.4. The van der Waals surface area contributed by atoms with Gasteiger partial charge in [-0.15, -0.1) is 0 Å². The van der Waals surface area contributed by atoms with E-state index in [1.165, 1.54) is 0 Å². The second-order valence-electron chi connectivity index (χ2n) is 3.64. The molecule has 0 N–H and O–H groups in total. The minimum Gasteiger partial charge on any atom is -0.274 e. The Morgan fingerprint density at radius 1 is 1.11 bits per heavy atom. The average Bonchev–Trinajstić information content (AvgIpc) is 2.59. The molecular weight excluding hydrogens is 283 g/mol. The van der Waals surface area contributed by atoms with Crippen LogP contribution < -0.4 is 4.90 Å². The number of nitrogens with zero attached hydrogens (tertiary/aromatic N) is 2. The van der Waals surface area contributed by atoms with Crippen LogP contribution in [-0.2, 0) is 9.59 Å². The quantitative estimate of drug-likeness (QED) is 0.476. The van der Waals surface area contributed by atoms with Crippen LogP contribution in [0.5, 0.6) is 0 Å². The number of nitro benzene ring substituents is 1. The van der Waals surface area contributed by atoms with Gasteiger partial charge in [-0.05, 0) is 0 Å². The largest absolute Gasteiger partial charge is 0.274 e. The zero-order valence-electron chi connectivity index (χ0n) is 8.85. The SMILES string of the molecule is O=C1CCC(=O)N1c1c(Cl)cc([N+](=O)[O-])cc1Cl. The summed E-state index contributed by atoms with van der Waals surface area (Å²) >= 11 is 11.7. The lowest BCUT2D eigenvalue weighted by atomic mass is 10.2. The van der Waals surface area contributed by atoms with Crippen LogP contribution in [0.15, 0.2) is 12.1 Å². The van der Waals surface area contributed by atoms with Gasteiger partial charge in [-0.2, -0.15) is 0 Å². The predicted molar refractivity (Wildman–Crippen MR) is 64.8 cm³/mol. The normalized spacial score (nSPS) is 15.3. The number of nitro groups is 1. The van der Waals surface area contributed by atoms with E-state index >= 15 is 0 Å². The molecule has 2 amide bonds. The predicted octanol–water partition coefficient (Wildman–Crippen LogP) is 2.56. The van der Waals surface area contributed by atoms with Crippen LogP contribution in [0, 0.1) is 10.1 Å². The Morgan fingerprint density at radius 2 is 1.56 bits per heavy atom. The Labute approximate surface area is 111 Å². The van der Waals surface area contributed by atoms with E-state index in [0.29, 0.717) is 0 Å². The third kappa shape index (κ3) is 2.04. The van der Waals surface area contributed by atoms with Crippen molar-refractivity contribution >= 4 is 46.4 Å². The molecule has 0 aromatic heterocycles. The molecule has 0 unspecified atom stereocenters. The monoisotopic (exact) mass is 288 g/mol. The summed E-state index contributed by atoms with van der Waals surface area (Å²) in [5.74, 6) is -0.838. The van der Waals surface area contributed by atoms with Crippen LogP contribution in [0.2, 0.25) is 10.0 Å². The minimum absolute atomic E-state index is 0.0106. The number of hydrogen-bond donors (Lipinski definition) is 0. The van der Waals surface area contributed by atoms with Crippen molar-refractivity contribution in [2.24, 2.45) is 0 Å². The first-order chi connectivity index (χ1) is 8.41. The smallest absolute Gasteiger partial charge is 0.272 e. The van der Waals surface area contributed by atoms with Crippen LogP contribution in [0.4, 0.5) is 11.4 Å². The lowest BCUT2D eigenvalue weighted by Gasteiger charge is -2.16. The van der Waals surface area contributed by atoms with Gasteiger partial charge in [0.1, 0.15) is 0 Å². The molecule has 0 saturated carbocycles. The summed E-state index contributed by atoms with van der Waals surface area (Å²) in [6, 6.07) is 2.11. The van der Waals surface area contributed by atoms with E-state index in [2.05, 4.69) is 0 Å². The number of halogens is 2. The van der Waals surface area contributed by atoms with Crippen molar-refractivity contribution in [2.45, 2.75) is 12.8 Å². The summed E-state index contributed by atoms with van der Waals surface area (Å²) in [5, 5.41) is 10.4. The van der Waals surface area contributed by atoms with E-state index < -0.39 is 16.7 Å². The van der Waals surface area contributed by atoms with Crippen LogP contribution >= 0.6 is 23.2 Å². The van der Waals surface area contributed by atoms with Gasteiger partial charge in [0.2, 0.25) is 11.8 Å². The average molecular weight is 289 g/mol. The highest BCUT2D eigenvalue weighted by Crippen LogP contribution is 2.39.